The Labute approximate surface area is 127 Å². The quantitative estimate of drug-likeness (QED) is 0.444. The van der Waals surface area contributed by atoms with Crippen LogP contribution in [0.2, 0.25) is 0 Å². The fraction of sp³-hybridized carbons (Fsp3) is 0.500. The summed E-state index contributed by atoms with van der Waals surface area (Å²) in [7, 11) is -4.22. The fourth-order valence-corrected chi connectivity index (χ4v) is 3.66. The number of nitrogens with one attached hydrogen (secondary N) is 1. The third kappa shape index (κ3) is 2.27. The molecule has 2 saturated heterocycles. The summed E-state index contributed by atoms with van der Waals surface area (Å²) in [5.74, 6) is -0.117. The number of rotatable bonds is 1. The van der Waals surface area contributed by atoms with Gasteiger partial charge in [0, 0.05) is 0 Å². The third-order valence-corrected chi connectivity index (χ3v) is 4.68. The van der Waals surface area contributed by atoms with Gasteiger partial charge in [-0.25, -0.2) is 9.55 Å². The maximum atomic E-state index is 11.8. The van der Waals surface area contributed by atoms with Crippen molar-refractivity contribution in [3.05, 3.63) is 16.7 Å². The van der Waals surface area contributed by atoms with Gasteiger partial charge in [-0.15, -0.1) is 0 Å². The molecule has 0 radical (unpaired) electrons. The Morgan fingerprint density at radius 3 is 3.09 bits per heavy atom. The third-order valence-electron chi connectivity index (χ3n) is 3.69. The number of fused-ring (bicyclic) bond motifs is 2. The minimum atomic E-state index is -4.22. The lowest BCUT2D eigenvalue weighted by molar-refractivity contribution is -0.0664. The number of phosphoric ester groups is 1. The smallest absolute Gasteiger partial charge is 0.386 e. The molecule has 2 aliphatic rings. The predicted molar refractivity (Wildman–Crippen MR) is 73.1 cm³/mol. The molecule has 0 aromatic carbocycles. The second-order valence-electron chi connectivity index (χ2n) is 5.17. The van der Waals surface area contributed by atoms with E-state index < -0.39 is 37.9 Å². The fourth-order valence-electron chi connectivity index (χ4n) is 2.69. The molecular formula is C10H12N5O7P. The van der Waals surface area contributed by atoms with Gasteiger partial charge in [-0.05, 0) is 0 Å². The number of imidazole rings is 1. The van der Waals surface area contributed by atoms with E-state index in [2.05, 4.69) is 19.5 Å². The highest BCUT2D eigenvalue weighted by atomic mass is 31.2. The van der Waals surface area contributed by atoms with E-state index in [1.54, 1.807) is 0 Å². The van der Waals surface area contributed by atoms with Crippen LogP contribution in [0.15, 0.2) is 11.1 Å². The molecule has 0 spiro atoms. The van der Waals surface area contributed by atoms with Crippen molar-refractivity contribution in [3.63, 3.8) is 0 Å². The number of aliphatic hydroxyl groups is 1. The SMILES string of the molecule is Nc1nc2c(ncn2[C@@H]2O[C@H]3COP(=O)(O)O[C@H]3[C@H]2O)c(=O)[nH]1. The summed E-state index contributed by atoms with van der Waals surface area (Å²) < 4.78 is 27.9. The number of ether oxygens (including phenoxy) is 1. The number of nitrogens with two attached hydrogens (primary N) is 1. The summed E-state index contributed by atoms with van der Waals surface area (Å²) in [6.07, 6.45) is -2.85. The van der Waals surface area contributed by atoms with Gasteiger partial charge in [-0.1, -0.05) is 0 Å². The van der Waals surface area contributed by atoms with Crippen molar-refractivity contribution in [2.24, 2.45) is 0 Å². The van der Waals surface area contributed by atoms with Crippen molar-refractivity contribution >= 4 is 24.9 Å². The standard InChI is InChI=1S/C10H12N5O7P/c11-10-13-7-4(8(17)14-10)12-2-15(7)9-5(16)6-3(21-9)1-20-23(18,19)22-6/h2-3,5-6,9,16H,1H2,(H,18,19)(H3,11,13,14,17)/t3-,5+,6+,9+/m0/s1. The van der Waals surface area contributed by atoms with Crippen molar-refractivity contribution in [1.29, 1.82) is 0 Å². The number of aliphatic hydroxyl groups excluding tert-OH is 1. The summed E-state index contributed by atoms with van der Waals surface area (Å²) >= 11 is 0. The molecule has 2 fully saturated rings. The van der Waals surface area contributed by atoms with E-state index in [-0.39, 0.29) is 23.7 Å². The van der Waals surface area contributed by atoms with Crippen LogP contribution in [-0.2, 0) is 18.3 Å². The number of nitrogens with zero attached hydrogens (tertiary/aromatic N) is 3. The summed E-state index contributed by atoms with van der Waals surface area (Å²) in [6, 6.07) is 0. The molecule has 1 unspecified atom stereocenters. The van der Waals surface area contributed by atoms with E-state index in [1.807, 2.05) is 0 Å². The van der Waals surface area contributed by atoms with Crippen LogP contribution in [0.3, 0.4) is 0 Å². The highest BCUT2D eigenvalue weighted by molar-refractivity contribution is 7.47. The zero-order valence-electron chi connectivity index (χ0n) is 11.4. The van der Waals surface area contributed by atoms with Crippen molar-refractivity contribution in [1.82, 2.24) is 19.5 Å². The minimum absolute atomic E-state index is 0.0230. The van der Waals surface area contributed by atoms with Gasteiger partial charge in [0.15, 0.2) is 17.4 Å². The van der Waals surface area contributed by atoms with Crippen LogP contribution in [0.25, 0.3) is 11.2 Å². The molecule has 4 heterocycles. The van der Waals surface area contributed by atoms with E-state index in [0.717, 1.165) is 0 Å². The molecule has 12 nitrogen and oxygen atoms in total. The molecule has 0 bridgehead atoms. The second-order valence-corrected chi connectivity index (χ2v) is 6.57. The van der Waals surface area contributed by atoms with Gasteiger partial charge < -0.3 is 20.5 Å². The molecule has 0 saturated carbocycles. The molecule has 23 heavy (non-hydrogen) atoms. The van der Waals surface area contributed by atoms with Crippen molar-refractivity contribution < 1.29 is 28.3 Å². The normalized spacial score (nSPS) is 37.1. The predicted octanol–water partition coefficient (Wildman–Crippen LogP) is -1.52. The lowest BCUT2D eigenvalue weighted by Gasteiger charge is -2.27. The molecule has 2 aliphatic heterocycles. The van der Waals surface area contributed by atoms with Gasteiger partial charge in [-0.3, -0.25) is 23.4 Å². The van der Waals surface area contributed by atoms with Crippen molar-refractivity contribution in [3.8, 4) is 0 Å². The van der Waals surface area contributed by atoms with Gasteiger partial charge in [0.05, 0.1) is 12.9 Å². The van der Waals surface area contributed by atoms with Crippen LogP contribution < -0.4 is 11.3 Å². The van der Waals surface area contributed by atoms with E-state index in [4.69, 9.17) is 15.0 Å². The Kier molecular flexibility index (Phi) is 3.10. The Morgan fingerprint density at radius 2 is 2.30 bits per heavy atom. The first-order chi connectivity index (χ1) is 10.9. The van der Waals surface area contributed by atoms with Gasteiger partial charge in [0.2, 0.25) is 5.95 Å². The lowest BCUT2D eigenvalue weighted by atomic mass is 10.1. The van der Waals surface area contributed by atoms with Crippen LogP contribution >= 0.6 is 7.82 Å². The minimum Gasteiger partial charge on any atom is -0.386 e. The first kappa shape index (κ1) is 14.8. The van der Waals surface area contributed by atoms with Crippen molar-refractivity contribution in [2.75, 3.05) is 12.3 Å². The summed E-state index contributed by atoms with van der Waals surface area (Å²) in [5, 5.41) is 10.4. The molecule has 5 N–H and O–H groups in total. The topological polar surface area (TPSA) is 175 Å². The summed E-state index contributed by atoms with van der Waals surface area (Å²) in [4.78, 5) is 31.3. The average molecular weight is 345 g/mol. The Hall–Kier alpha value is -1.82. The summed E-state index contributed by atoms with van der Waals surface area (Å²) in [5.41, 5.74) is 5.12. The summed E-state index contributed by atoms with van der Waals surface area (Å²) in [6.45, 7) is -0.214. The van der Waals surface area contributed by atoms with Gasteiger partial charge in [-0.2, -0.15) is 4.98 Å². The molecule has 2 aromatic heterocycles. The van der Waals surface area contributed by atoms with E-state index in [1.165, 1.54) is 10.9 Å². The Bertz CT molecular complexity index is 880. The van der Waals surface area contributed by atoms with E-state index in [0.29, 0.717) is 0 Å². The number of H-pyrrole nitrogens is 1. The number of hydrogen-bond donors (Lipinski definition) is 4. The highest BCUT2D eigenvalue weighted by Crippen LogP contribution is 2.52. The first-order valence-corrected chi connectivity index (χ1v) is 8.07. The molecule has 0 aliphatic carbocycles. The van der Waals surface area contributed by atoms with Crippen LogP contribution in [0, 0.1) is 0 Å². The highest BCUT2D eigenvalue weighted by Gasteiger charge is 2.52. The van der Waals surface area contributed by atoms with Crippen LogP contribution in [-0.4, -0.2) is 54.4 Å². The van der Waals surface area contributed by atoms with Gasteiger partial charge >= 0.3 is 7.82 Å². The largest absolute Gasteiger partial charge is 0.472 e. The zero-order valence-corrected chi connectivity index (χ0v) is 12.3. The Morgan fingerprint density at radius 1 is 1.52 bits per heavy atom. The second kappa shape index (κ2) is 4.84. The number of nitrogen functional groups attached to an aromatic ring is 1. The van der Waals surface area contributed by atoms with Gasteiger partial charge in [0.1, 0.15) is 18.3 Å². The van der Waals surface area contributed by atoms with Gasteiger partial charge in [0.25, 0.3) is 5.56 Å². The van der Waals surface area contributed by atoms with E-state index in [9.17, 15) is 19.4 Å². The number of aromatic amines is 1. The number of hydrogen-bond acceptors (Lipinski definition) is 9. The molecule has 124 valence electrons. The molecule has 4 rings (SSSR count). The maximum Gasteiger partial charge on any atom is 0.472 e. The van der Waals surface area contributed by atoms with Crippen molar-refractivity contribution in [2.45, 2.75) is 24.5 Å². The Balaban J connectivity index is 1.75. The molecule has 13 heteroatoms. The molecular weight excluding hydrogens is 333 g/mol. The van der Waals surface area contributed by atoms with E-state index >= 15 is 0 Å². The molecule has 0 amide bonds. The average Bonchev–Trinajstić information content (AvgIpc) is 3.00. The number of aromatic nitrogens is 4. The maximum absolute atomic E-state index is 11.8. The molecule has 5 atom stereocenters. The zero-order chi connectivity index (χ0) is 16.4. The van der Waals surface area contributed by atoms with Crippen LogP contribution in [0.1, 0.15) is 6.23 Å². The van der Waals surface area contributed by atoms with Crippen LogP contribution in [0.4, 0.5) is 5.95 Å². The van der Waals surface area contributed by atoms with Crippen LogP contribution in [0.5, 0.6) is 0 Å². The first-order valence-electron chi connectivity index (χ1n) is 6.57. The molecule has 2 aromatic rings. The monoisotopic (exact) mass is 345 g/mol. The number of anilines is 1. The number of phosphoric acid groups is 1. The lowest BCUT2D eigenvalue weighted by Crippen LogP contribution is -2.39.